The number of rotatable bonds is 10. The Morgan fingerprint density at radius 1 is 1.21 bits per heavy atom. The molecule has 1 rings (SSSR count). The highest BCUT2D eigenvalue weighted by Crippen LogP contribution is 2.12. The smallest absolute Gasteiger partial charge is 0.241 e. The van der Waals surface area contributed by atoms with Crippen molar-refractivity contribution in [1.82, 2.24) is 10.0 Å². The Kier molecular flexibility index (Phi) is 8.35. The van der Waals surface area contributed by atoms with Crippen LogP contribution in [0, 0.1) is 11.7 Å². The van der Waals surface area contributed by atoms with Crippen LogP contribution < -0.4 is 10.0 Å². The predicted octanol–water partition coefficient (Wildman–Crippen LogP) is 2.83. The minimum atomic E-state index is -3.86. The molecule has 24 heavy (non-hydrogen) atoms. The van der Waals surface area contributed by atoms with Gasteiger partial charge in [-0.3, -0.25) is 4.79 Å². The number of benzene rings is 1. The van der Waals surface area contributed by atoms with Crippen molar-refractivity contribution in [3.8, 4) is 0 Å². The van der Waals surface area contributed by atoms with E-state index in [4.69, 9.17) is 0 Å². The van der Waals surface area contributed by atoms with Gasteiger partial charge in [0.25, 0.3) is 0 Å². The summed E-state index contributed by atoms with van der Waals surface area (Å²) in [6.07, 6.45) is 4.23. The zero-order valence-corrected chi connectivity index (χ0v) is 15.3. The fourth-order valence-corrected chi connectivity index (χ4v) is 3.51. The number of amides is 1. The van der Waals surface area contributed by atoms with Gasteiger partial charge in [0.1, 0.15) is 5.82 Å². The average molecular weight is 358 g/mol. The van der Waals surface area contributed by atoms with Gasteiger partial charge in [0.15, 0.2) is 0 Å². The third kappa shape index (κ3) is 6.57. The number of halogens is 1. The fourth-order valence-electron chi connectivity index (χ4n) is 2.31. The molecule has 0 spiro atoms. The van der Waals surface area contributed by atoms with E-state index < -0.39 is 21.9 Å². The lowest BCUT2D eigenvalue weighted by Gasteiger charge is -2.18. The van der Waals surface area contributed by atoms with Crippen molar-refractivity contribution in [2.75, 3.05) is 6.54 Å². The maximum atomic E-state index is 12.9. The van der Waals surface area contributed by atoms with E-state index >= 15 is 0 Å². The van der Waals surface area contributed by atoms with Gasteiger partial charge in [-0.15, -0.1) is 0 Å². The van der Waals surface area contributed by atoms with Crippen molar-refractivity contribution in [3.63, 3.8) is 0 Å². The first-order valence-corrected chi connectivity index (χ1v) is 9.84. The zero-order valence-electron chi connectivity index (χ0n) is 14.5. The predicted molar refractivity (Wildman–Crippen MR) is 92.5 cm³/mol. The molecule has 0 aliphatic rings. The van der Waals surface area contributed by atoms with Crippen molar-refractivity contribution in [1.29, 1.82) is 0 Å². The van der Waals surface area contributed by atoms with Crippen molar-refractivity contribution in [3.05, 3.63) is 30.1 Å². The topological polar surface area (TPSA) is 75.3 Å². The molecular weight excluding hydrogens is 331 g/mol. The van der Waals surface area contributed by atoms with E-state index in [1.165, 1.54) is 19.1 Å². The highest BCUT2D eigenvalue weighted by atomic mass is 32.2. The Bertz CT molecular complexity index is 617. The quantitative estimate of drug-likeness (QED) is 0.675. The zero-order chi connectivity index (χ0) is 18.2. The summed E-state index contributed by atoms with van der Waals surface area (Å²) in [5.74, 6) is -0.483. The van der Waals surface area contributed by atoms with Crippen molar-refractivity contribution in [2.24, 2.45) is 5.92 Å². The number of sulfonamides is 1. The molecule has 0 saturated carbocycles. The summed E-state index contributed by atoms with van der Waals surface area (Å²) in [5, 5.41) is 2.80. The van der Waals surface area contributed by atoms with Crippen LogP contribution in [0.3, 0.4) is 0 Å². The number of carbonyl (C=O) groups excluding carboxylic acids is 1. The van der Waals surface area contributed by atoms with Gasteiger partial charge in [-0.25, -0.2) is 12.8 Å². The van der Waals surface area contributed by atoms with E-state index in [2.05, 4.69) is 23.9 Å². The van der Waals surface area contributed by atoms with E-state index in [1.54, 1.807) is 0 Å². The molecule has 0 bridgehead atoms. The third-order valence-electron chi connectivity index (χ3n) is 3.96. The Balaban J connectivity index is 2.58. The second kappa shape index (κ2) is 9.74. The van der Waals surface area contributed by atoms with Gasteiger partial charge in [-0.2, -0.15) is 4.72 Å². The second-order valence-electron chi connectivity index (χ2n) is 5.96. The summed E-state index contributed by atoms with van der Waals surface area (Å²) in [6.45, 7) is 6.23. The first-order chi connectivity index (χ1) is 11.3. The van der Waals surface area contributed by atoms with E-state index in [0.29, 0.717) is 12.5 Å². The van der Waals surface area contributed by atoms with Crippen LogP contribution in [0.2, 0.25) is 0 Å². The molecule has 5 nitrogen and oxygen atoms in total. The summed E-state index contributed by atoms with van der Waals surface area (Å²) in [4.78, 5) is 12.0. The first-order valence-electron chi connectivity index (χ1n) is 8.35. The number of nitrogens with one attached hydrogen (secondary N) is 2. The molecule has 2 atom stereocenters. The summed E-state index contributed by atoms with van der Waals surface area (Å²) >= 11 is 0. The van der Waals surface area contributed by atoms with Crippen molar-refractivity contribution >= 4 is 15.9 Å². The number of carbonyl (C=O) groups is 1. The van der Waals surface area contributed by atoms with E-state index in [9.17, 15) is 17.6 Å². The molecule has 2 N–H and O–H groups in total. The van der Waals surface area contributed by atoms with Crippen LogP contribution >= 0.6 is 0 Å². The van der Waals surface area contributed by atoms with Crippen molar-refractivity contribution < 1.29 is 17.6 Å². The van der Waals surface area contributed by atoms with Crippen LogP contribution in [0.4, 0.5) is 4.39 Å². The molecule has 0 aromatic heterocycles. The Labute approximate surface area is 144 Å². The molecule has 0 saturated heterocycles. The molecule has 1 amide bonds. The van der Waals surface area contributed by atoms with E-state index in [0.717, 1.165) is 37.8 Å². The fraction of sp³-hybridized carbons (Fsp3) is 0.588. The largest absolute Gasteiger partial charge is 0.354 e. The molecule has 7 heteroatoms. The van der Waals surface area contributed by atoms with Gasteiger partial charge < -0.3 is 5.32 Å². The van der Waals surface area contributed by atoms with Gasteiger partial charge in [-0.05, 0) is 43.5 Å². The van der Waals surface area contributed by atoms with Crippen LogP contribution in [0.15, 0.2) is 29.2 Å². The van der Waals surface area contributed by atoms with Crippen molar-refractivity contribution in [2.45, 2.75) is 57.4 Å². The maximum Gasteiger partial charge on any atom is 0.241 e. The lowest BCUT2D eigenvalue weighted by Crippen LogP contribution is -2.45. The van der Waals surface area contributed by atoms with Crippen LogP contribution in [0.5, 0.6) is 0 Å². The molecule has 0 aliphatic heterocycles. The van der Waals surface area contributed by atoms with Gasteiger partial charge in [0, 0.05) is 6.54 Å². The molecule has 0 radical (unpaired) electrons. The lowest BCUT2D eigenvalue weighted by atomic mass is 9.99. The summed E-state index contributed by atoms with van der Waals surface area (Å²) in [6, 6.07) is 3.57. The summed E-state index contributed by atoms with van der Waals surface area (Å²) in [5.41, 5.74) is 0. The molecule has 136 valence electrons. The Morgan fingerprint density at radius 2 is 1.83 bits per heavy atom. The SMILES string of the molecule is CCCC[C@@H](CC)CNC(=O)[C@@H](C)NS(=O)(=O)c1ccc(F)cc1. The number of hydrogen-bond acceptors (Lipinski definition) is 3. The number of hydrogen-bond donors (Lipinski definition) is 2. The standard InChI is InChI=1S/C17H27FN2O3S/c1-4-6-7-14(5-2)12-19-17(21)13(3)20-24(22,23)16-10-8-15(18)9-11-16/h8-11,13-14,20H,4-7,12H2,1-3H3,(H,19,21)/t13-,14-/m1/s1. The van der Waals surface area contributed by atoms with Gasteiger partial charge in [-0.1, -0.05) is 33.1 Å². The molecule has 1 aromatic rings. The van der Waals surface area contributed by atoms with Gasteiger partial charge in [0.05, 0.1) is 10.9 Å². The molecule has 0 unspecified atom stereocenters. The molecule has 0 aliphatic carbocycles. The lowest BCUT2D eigenvalue weighted by molar-refractivity contribution is -0.122. The highest BCUT2D eigenvalue weighted by molar-refractivity contribution is 7.89. The van der Waals surface area contributed by atoms with E-state index in [-0.39, 0.29) is 10.8 Å². The molecule has 0 heterocycles. The van der Waals surface area contributed by atoms with Crippen LogP contribution in [-0.2, 0) is 14.8 Å². The normalized spacial score (nSPS) is 14.2. The van der Waals surface area contributed by atoms with Crippen LogP contribution in [-0.4, -0.2) is 26.9 Å². The Hall–Kier alpha value is -1.47. The molecule has 0 fully saturated rings. The minimum Gasteiger partial charge on any atom is -0.354 e. The monoisotopic (exact) mass is 358 g/mol. The average Bonchev–Trinajstić information content (AvgIpc) is 2.54. The van der Waals surface area contributed by atoms with Gasteiger partial charge >= 0.3 is 0 Å². The summed E-state index contributed by atoms with van der Waals surface area (Å²) in [7, 11) is -3.86. The highest BCUT2D eigenvalue weighted by Gasteiger charge is 2.22. The number of unbranched alkanes of at least 4 members (excludes halogenated alkanes) is 1. The third-order valence-corrected chi connectivity index (χ3v) is 5.51. The first kappa shape index (κ1) is 20.6. The van der Waals surface area contributed by atoms with E-state index in [1.807, 2.05) is 0 Å². The van der Waals surface area contributed by atoms with Gasteiger partial charge in [0.2, 0.25) is 15.9 Å². The molecular formula is C17H27FN2O3S. The Morgan fingerprint density at radius 3 is 2.38 bits per heavy atom. The second-order valence-corrected chi connectivity index (χ2v) is 7.67. The summed E-state index contributed by atoms with van der Waals surface area (Å²) < 4.78 is 39.6. The van der Waals surface area contributed by atoms with Crippen LogP contribution in [0.1, 0.15) is 46.5 Å². The minimum absolute atomic E-state index is 0.0714. The maximum absolute atomic E-state index is 12.9. The molecule has 1 aromatic carbocycles. The van der Waals surface area contributed by atoms with Crippen LogP contribution in [0.25, 0.3) is 0 Å².